The average molecular weight is 341 g/mol. The molecule has 120 valence electrons. The van der Waals surface area contributed by atoms with Crippen molar-refractivity contribution in [2.75, 3.05) is 19.4 Å². The van der Waals surface area contributed by atoms with Gasteiger partial charge >= 0.3 is 0 Å². The summed E-state index contributed by atoms with van der Waals surface area (Å²) in [4.78, 5) is -1.20. The third-order valence-electron chi connectivity index (χ3n) is 2.60. The monoisotopic (exact) mass is 341 g/mol. The van der Waals surface area contributed by atoms with Crippen LogP contribution in [0.15, 0.2) is 28.0 Å². The molecule has 0 radical (unpaired) electrons. The van der Waals surface area contributed by atoms with Crippen LogP contribution in [0.5, 0.6) is 0 Å². The van der Waals surface area contributed by atoms with Crippen LogP contribution in [0.1, 0.15) is 6.92 Å². The number of hydrogen-bond donors (Lipinski definition) is 3. The number of hydrogen-bond acceptors (Lipinski definition) is 6. The number of sulfone groups is 1. The summed E-state index contributed by atoms with van der Waals surface area (Å²) in [5.74, 6) is -1.13. The number of benzene rings is 1. The Morgan fingerprint density at radius 2 is 1.86 bits per heavy atom. The first-order valence-corrected chi connectivity index (χ1v) is 9.09. The maximum absolute atomic E-state index is 13.6. The van der Waals surface area contributed by atoms with E-state index in [1.807, 2.05) is 4.72 Å². The Hall–Kier alpha value is -1.07. The van der Waals surface area contributed by atoms with Gasteiger partial charge in [0.1, 0.15) is 10.7 Å². The summed E-state index contributed by atoms with van der Waals surface area (Å²) >= 11 is 0. The molecule has 0 heterocycles. The first kappa shape index (κ1) is 18.0. The zero-order chi connectivity index (χ0) is 16.5. The highest BCUT2D eigenvalue weighted by atomic mass is 32.2. The van der Waals surface area contributed by atoms with Gasteiger partial charge in [-0.05, 0) is 25.1 Å². The van der Waals surface area contributed by atoms with Crippen LogP contribution in [0.4, 0.5) is 4.39 Å². The van der Waals surface area contributed by atoms with Gasteiger partial charge in [0.2, 0.25) is 10.0 Å². The summed E-state index contributed by atoms with van der Waals surface area (Å²) < 4.78 is 62.2. The Morgan fingerprint density at radius 1 is 1.29 bits per heavy atom. The van der Waals surface area contributed by atoms with E-state index in [9.17, 15) is 26.3 Å². The molecule has 1 aromatic rings. The van der Waals surface area contributed by atoms with E-state index in [-0.39, 0.29) is 4.90 Å². The fraction of sp³-hybridized carbons (Fsp3) is 0.455. The van der Waals surface area contributed by atoms with Crippen molar-refractivity contribution in [2.24, 2.45) is 0 Å². The molecule has 1 unspecified atom stereocenters. The molecule has 3 N–H and O–H groups in total. The Morgan fingerprint density at radius 3 is 2.33 bits per heavy atom. The molecule has 0 saturated carbocycles. The minimum Gasteiger partial charge on any atom is -0.393 e. The summed E-state index contributed by atoms with van der Waals surface area (Å²) in [5.41, 5.74) is -1.72. The van der Waals surface area contributed by atoms with Gasteiger partial charge in [0.05, 0.1) is 17.1 Å². The molecule has 0 fully saturated rings. The molecule has 0 aliphatic carbocycles. The third-order valence-corrected chi connectivity index (χ3v) is 5.13. The van der Waals surface area contributed by atoms with Crippen molar-refractivity contribution in [2.45, 2.75) is 22.3 Å². The lowest BCUT2D eigenvalue weighted by molar-refractivity contribution is 0.00680. The summed E-state index contributed by atoms with van der Waals surface area (Å²) in [6, 6.07) is 2.38. The lowest BCUT2D eigenvalue weighted by Crippen LogP contribution is -2.43. The van der Waals surface area contributed by atoms with Crippen LogP contribution in [0.25, 0.3) is 0 Å². The molecule has 0 bridgehead atoms. The highest BCUT2D eigenvalue weighted by molar-refractivity contribution is 7.91. The average Bonchev–Trinajstić information content (AvgIpc) is 2.35. The van der Waals surface area contributed by atoms with E-state index in [1.54, 1.807) is 0 Å². The first-order valence-electron chi connectivity index (χ1n) is 5.71. The topological polar surface area (TPSA) is 121 Å². The summed E-state index contributed by atoms with van der Waals surface area (Å²) in [5, 5.41) is 18.3. The maximum atomic E-state index is 13.6. The van der Waals surface area contributed by atoms with Crippen LogP contribution in [0.2, 0.25) is 0 Å². The van der Waals surface area contributed by atoms with Crippen molar-refractivity contribution in [3.05, 3.63) is 24.0 Å². The largest absolute Gasteiger partial charge is 0.393 e. The van der Waals surface area contributed by atoms with E-state index >= 15 is 0 Å². The molecular weight excluding hydrogens is 325 g/mol. The second kappa shape index (κ2) is 5.97. The fourth-order valence-corrected chi connectivity index (χ4v) is 3.29. The van der Waals surface area contributed by atoms with Crippen molar-refractivity contribution < 1.29 is 31.4 Å². The normalized spacial score (nSPS) is 15.7. The Balaban J connectivity index is 3.20. The molecule has 1 rings (SSSR count). The predicted molar refractivity (Wildman–Crippen MR) is 72.4 cm³/mol. The van der Waals surface area contributed by atoms with Crippen LogP contribution in [0, 0.1) is 5.82 Å². The van der Waals surface area contributed by atoms with Gasteiger partial charge in [0, 0.05) is 12.8 Å². The zero-order valence-corrected chi connectivity index (χ0v) is 13.0. The number of sulfonamides is 1. The molecule has 10 heteroatoms. The maximum Gasteiger partial charge on any atom is 0.243 e. The van der Waals surface area contributed by atoms with Gasteiger partial charge in [0.15, 0.2) is 9.84 Å². The SMILES string of the molecule is CC(O)(CO)CNS(=O)(=O)c1cc(S(C)(=O)=O)ccc1F. The molecular formula is C11H16FNO6S2. The van der Waals surface area contributed by atoms with Crippen molar-refractivity contribution >= 4 is 19.9 Å². The second-order valence-corrected chi connectivity index (χ2v) is 8.60. The molecule has 0 aromatic heterocycles. The Bertz CT molecular complexity index is 727. The number of aliphatic hydroxyl groups is 2. The van der Waals surface area contributed by atoms with Crippen LogP contribution in [-0.4, -0.2) is 52.1 Å². The highest BCUT2D eigenvalue weighted by Crippen LogP contribution is 2.19. The molecule has 21 heavy (non-hydrogen) atoms. The number of aliphatic hydroxyl groups excluding tert-OH is 1. The standard InChI is InChI=1S/C11H16FNO6S2/c1-11(15,7-14)6-13-21(18,19)10-5-8(20(2,16)17)3-4-9(10)12/h3-5,13-15H,6-7H2,1-2H3. The van der Waals surface area contributed by atoms with E-state index in [4.69, 9.17) is 5.11 Å². The molecule has 0 aliphatic heterocycles. The molecule has 7 nitrogen and oxygen atoms in total. The quantitative estimate of drug-likeness (QED) is 0.586. The van der Waals surface area contributed by atoms with Crippen molar-refractivity contribution in [1.29, 1.82) is 0 Å². The van der Waals surface area contributed by atoms with E-state index in [2.05, 4.69) is 0 Å². The lowest BCUT2D eigenvalue weighted by atomic mass is 10.1. The van der Waals surface area contributed by atoms with Crippen molar-refractivity contribution in [3.8, 4) is 0 Å². The predicted octanol–water partition coefficient (Wildman–Crippen LogP) is -0.749. The first-order chi connectivity index (χ1) is 9.39. The van der Waals surface area contributed by atoms with Crippen LogP contribution < -0.4 is 4.72 Å². The fourth-order valence-electron chi connectivity index (χ4n) is 1.30. The van der Waals surface area contributed by atoms with Gasteiger partial charge in [-0.1, -0.05) is 0 Å². The molecule has 0 aliphatic rings. The highest BCUT2D eigenvalue weighted by Gasteiger charge is 2.26. The minimum atomic E-state index is -4.38. The van der Waals surface area contributed by atoms with E-state index in [0.29, 0.717) is 6.07 Å². The van der Waals surface area contributed by atoms with Gasteiger partial charge in [-0.25, -0.2) is 25.9 Å². The molecule has 1 aromatic carbocycles. The summed E-state index contributed by atoms with van der Waals surface area (Å²) in [7, 11) is -8.08. The molecule has 1 atom stereocenters. The summed E-state index contributed by atoms with van der Waals surface area (Å²) in [6.07, 6.45) is 0.862. The van der Waals surface area contributed by atoms with Gasteiger partial charge < -0.3 is 10.2 Å². The number of halogens is 1. The van der Waals surface area contributed by atoms with Crippen LogP contribution in [0.3, 0.4) is 0 Å². The third kappa shape index (κ3) is 4.71. The lowest BCUT2D eigenvalue weighted by Gasteiger charge is -2.20. The van der Waals surface area contributed by atoms with Gasteiger partial charge in [-0.2, -0.15) is 0 Å². The van der Waals surface area contributed by atoms with Crippen molar-refractivity contribution in [1.82, 2.24) is 4.72 Å². The van der Waals surface area contributed by atoms with Crippen LogP contribution >= 0.6 is 0 Å². The van der Waals surface area contributed by atoms with E-state index < -0.39 is 49.3 Å². The van der Waals surface area contributed by atoms with Crippen molar-refractivity contribution in [3.63, 3.8) is 0 Å². The van der Waals surface area contributed by atoms with Gasteiger partial charge in [0.25, 0.3) is 0 Å². The number of nitrogens with one attached hydrogen (secondary N) is 1. The molecule has 0 spiro atoms. The molecule has 0 amide bonds. The number of rotatable bonds is 6. The Kier molecular flexibility index (Phi) is 5.11. The Labute approximate surface area is 122 Å². The van der Waals surface area contributed by atoms with Gasteiger partial charge in [-0.15, -0.1) is 0 Å². The van der Waals surface area contributed by atoms with E-state index in [1.165, 1.54) is 6.92 Å². The van der Waals surface area contributed by atoms with E-state index in [0.717, 1.165) is 18.4 Å². The van der Waals surface area contributed by atoms with Gasteiger partial charge in [-0.3, -0.25) is 0 Å². The smallest absolute Gasteiger partial charge is 0.243 e. The second-order valence-electron chi connectivity index (χ2n) is 4.84. The summed E-state index contributed by atoms with van der Waals surface area (Å²) in [6.45, 7) is -0.0887. The van der Waals surface area contributed by atoms with Crippen LogP contribution in [-0.2, 0) is 19.9 Å². The molecule has 0 saturated heterocycles. The zero-order valence-electron chi connectivity index (χ0n) is 11.4. The minimum absolute atomic E-state index is 0.349.